The Labute approximate surface area is 195 Å². The fourth-order valence-corrected chi connectivity index (χ4v) is 4.56. The SMILES string of the molecule is C=CCNC(=O)C1(c2ccc(NS(=O)(=O)c3cc(C)ccc3C)cc2)CC1.O=C(O)C(F)(F)F. The molecule has 1 amide bonds. The molecular weight excluding hydrogens is 473 g/mol. The van der Waals surface area contributed by atoms with Gasteiger partial charge in [0.25, 0.3) is 10.0 Å². The minimum Gasteiger partial charge on any atom is -0.475 e. The van der Waals surface area contributed by atoms with Crippen LogP contribution in [-0.4, -0.2) is 38.1 Å². The maximum atomic E-state index is 12.7. The van der Waals surface area contributed by atoms with Crippen LogP contribution in [0.4, 0.5) is 18.9 Å². The smallest absolute Gasteiger partial charge is 0.475 e. The zero-order valence-corrected chi connectivity index (χ0v) is 19.4. The van der Waals surface area contributed by atoms with Crippen molar-refractivity contribution < 1.29 is 36.3 Å². The summed E-state index contributed by atoms with van der Waals surface area (Å²) in [5, 5.41) is 9.98. The molecular formula is C23H25F3N2O5S. The van der Waals surface area contributed by atoms with Gasteiger partial charge in [0.1, 0.15) is 0 Å². The molecule has 2 aromatic rings. The first-order valence-electron chi connectivity index (χ1n) is 10.1. The van der Waals surface area contributed by atoms with Gasteiger partial charge in [-0.15, -0.1) is 6.58 Å². The lowest BCUT2D eigenvalue weighted by Gasteiger charge is -2.16. The summed E-state index contributed by atoms with van der Waals surface area (Å²) in [6.45, 7) is 7.68. The molecule has 0 unspecified atom stereocenters. The maximum Gasteiger partial charge on any atom is 0.490 e. The van der Waals surface area contributed by atoms with E-state index in [-0.39, 0.29) is 10.8 Å². The van der Waals surface area contributed by atoms with E-state index in [1.807, 2.05) is 25.1 Å². The van der Waals surface area contributed by atoms with Crippen molar-refractivity contribution in [2.75, 3.05) is 11.3 Å². The summed E-state index contributed by atoms with van der Waals surface area (Å²) >= 11 is 0. The predicted molar refractivity (Wildman–Crippen MR) is 121 cm³/mol. The number of rotatable bonds is 7. The Morgan fingerprint density at radius 2 is 1.68 bits per heavy atom. The molecule has 0 heterocycles. The molecule has 3 N–H and O–H groups in total. The van der Waals surface area contributed by atoms with Gasteiger partial charge in [0.05, 0.1) is 10.3 Å². The van der Waals surface area contributed by atoms with Gasteiger partial charge in [-0.2, -0.15) is 13.2 Å². The Morgan fingerprint density at radius 3 is 2.15 bits per heavy atom. The molecule has 3 rings (SSSR count). The quantitative estimate of drug-likeness (QED) is 0.498. The third-order valence-electron chi connectivity index (χ3n) is 5.16. The average molecular weight is 499 g/mol. The van der Waals surface area contributed by atoms with E-state index >= 15 is 0 Å². The number of sulfonamides is 1. The fraction of sp³-hybridized carbons (Fsp3) is 0.304. The van der Waals surface area contributed by atoms with Crippen molar-refractivity contribution in [3.05, 3.63) is 71.8 Å². The molecule has 0 atom stereocenters. The summed E-state index contributed by atoms with van der Waals surface area (Å²) in [5.41, 5.74) is 2.46. The third kappa shape index (κ3) is 6.60. The second kappa shape index (κ2) is 10.3. The number of hydrogen-bond acceptors (Lipinski definition) is 4. The Kier molecular flexibility index (Phi) is 8.14. The Balaban J connectivity index is 0.000000509. The zero-order chi connectivity index (χ0) is 25.7. The Bertz CT molecular complexity index is 1170. The summed E-state index contributed by atoms with van der Waals surface area (Å²) in [7, 11) is -3.67. The maximum absolute atomic E-state index is 12.7. The van der Waals surface area contributed by atoms with Crippen LogP contribution in [0.1, 0.15) is 29.5 Å². The van der Waals surface area contributed by atoms with Crippen LogP contribution in [0.2, 0.25) is 0 Å². The van der Waals surface area contributed by atoms with Crippen LogP contribution in [0.25, 0.3) is 0 Å². The number of halogens is 3. The Hall–Kier alpha value is -3.34. The molecule has 184 valence electrons. The first-order chi connectivity index (χ1) is 15.7. The molecule has 11 heteroatoms. The van der Waals surface area contributed by atoms with E-state index in [0.29, 0.717) is 17.8 Å². The van der Waals surface area contributed by atoms with Gasteiger partial charge in [0, 0.05) is 12.2 Å². The van der Waals surface area contributed by atoms with Crippen molar-refractivity contribution in [2.24, 2.45) is 0 Å². The fourth-order valence-electron chi connectivity index (χ4n) is 3.17. The number of carbonyl (C=O) groups excluding carboxylic acids is 1. The monoisotopic (exact) mass is 498 g/mol. The van der Waals surface area contributed by atoms with Crippen molar-refractivity contribution >= 4 is 27.6 Å². The van der Waals surface area contributed by atoms with E-state index in [0.717, 1.165) is 24.0 Å². The largest absolute Gasteiger partial charge is 0.490 e. The number of hydrogen-bond donors (Lipinski definition) is 3. The molecule has 0 bridgehead atoms. The van der Waals surface area contributed by atoms with E-state index in [1.54, 1.807) is 37.3 Å². The first kappa shape index (κ1) is 26.9. The van der Waals surface area contributed by atoms with Crippen molar-refractivity contribution in [2.45, 2.75) is 43.2 Å². The molecule has 1 aliphatic rings. The van der Waals surface area contributed by atoms with Crippen LogP contribution >= 0.6 is 0 Å². The van der Waals surface area contributed by atoms with Crippen molar-refractivity contribution in [1.82, 2.24) is 5.32 Å². The second-order valence-electron chi connectivity index (χ2n) is 7.84. The van der Waals surface area contributed by atoms with Crippen LogP contribution in [-0.2, 0) is 25.0 Å². The molecule has 7 nitrogen and oxygen atoms in total. The standard InChI is InChI=1S/C21H24N2O3S.C2HF3O2/c1-4-13-22-20(24)21(11-12-21)17-7-9-18(10-8-17)23-27(25,26)19-14-15(2)5-6-16(19)3;3-2(4,5)1(6)7/h4-10,14,23H,1,11-13H2,2-3H3,(H,22,24);(H,6,7). The number of carboxylic acid groups (broad SMARTS) is 1. The lowest BCUT2D eigenvalue weighted by molar-refractivity contribution is -0.192. The van der Waals surface area contributed by atoms with Crippen molar-refractivity contribution in [3.63, 3.8) is 0 Å². The molecule has 2 aromatic carbocycles. The lowest BCUT2D eigenvalue weighted by Crippen LogP contribution is -2.34. The number of amides is 1. The second-order valence-corrected chi connectivity index (χ2v) is 9.49. The number of aryl methyl sites for hydroxylation is 2. The van der Waals surface area contributed by atoms with Gasteiger partial charge in [0.15, 0.2) is 0 Å². The number of carboxylic acids is 1. The average Bonchev–Trinajstić information content (AvgIpc) is 3.56. The van der Waals surface area contributed by atoms with Gasteiger partial charge < -0.3 is 10.4 Å². The minimum atomic E-state index is -5.08. The molecule has 1 aliphatic carbocycles. The molecule has 0 aromatic heterocycles. The number of benzene rings is 2. The zero-order valence-electron chi connectivity index (χ0n) is 18.6. The summed E-state index contributed by atoms with van der Waals surface area (Å²) in [5.74, 6) is -2.77. The van der Waals surface area contributed by atoms with Gasteiger partial charge in [-0.25, -0.2) is 13.2 Å². The van der Waals surface area contributed by atoms with E-state index < -0.39 is 27.6 Å². The lowest BCUT2D eigenvalue weighted by atomic mass is 9.95. The molecule has 34 heavy (non-hydrogen) atoms. The van der Waals surface area contributed by atoms with Crippen LogP contribution in [0.3, 0.4) is 0 Å². The van der Waals surface area contributed by atoms with E-state index in [1.165, 1.54) is 0 Å². The minimum absolute atomic E-state index is 0.00823. The molecule has 0 aliphatic heterocycles. The normalized spacial score (nSPS) is 14.3. The highest BCUT2D eigenvalue weighted by Gasteiger charge is 2.50. The number of anilines is 1. The molecule has 1 saturated carbocycles. The number of carbonyl (C=O) groups is 2. The van der Waals surface area contributed by atoms with Gasteiger partial charge in [-0.05, 0) is 61.6 Å². The van der Waals surface area contributed by atoms with Crippen molar-refractivity contribution in [1.29, 1.82) is 0 Å². The first-order valence-corrected chi connectivity index (χ1v) is 11.6. The van der Waals surface area contributed by atoms with Crippen LogP contribution < -0.4 is 10.0 Å². The Morgan fingerprint density at radius 1 is 1.12 bits per heavy atom. The van der Waals surface area contributed by atoms with E-state index in [9.17, 15) is 26.4 Å². The predicted octanol–water partition coefficient (Wildman–Crippen LogP) is 4.07. The summed E-state index contributed by atoms with van der Waals surface area (Å²) < 4.78 is 59.8. The summed E-state index contributed by atoms with van der Waals surface area (Å²) in [6, 6.07) is 12.4. The molecule has 0 radical (unpaired) electrons. The topological polar surface area (TPSA) is 113 Å². The van der Waals surface area contributed by atoms with E-state index in [4.69, 9.17) is 9.90 Å². The van der Waals surface area contributed by atoms with Crippen molar-refractivity contribution in [3.8, 4) is 0 Å². The van der Waals surface area contributed by atoms with Crippen LogP contribution in [0.5, 0.6) is 0 Å². The number of nitrogens with one attached hydrogen (secondary N) is 2. The van der Waals surface area contributed by atoms with Gasteiger partial charge in [-0.3, -0.25) is 9.52 Å². The van der Waals surface area contributed by atoms with Crippen LogP contribution in [0.15, 0.2) is 60.0 Å². The summed E-state index contributed by atoms with van der Waals surface area (Å²) in [6.07, 6.45) is -1.84. The van der Waals surface area contributed by atoms with Crippen LogP contribution in [0, 0.1) is 13.8 Å². The highest BCUT2D eigenvalue weighted by Crippen LogP contribution is 2.48. The van der Waals surface area contributed by atoms with Gasteiger partial charge in [0.2, 0.25) is 5.91 Å². The number of aliphatic carboxylic acids is 1. The molecule has 0 saturated heterocycles. The number of alkyl halides is 3. The highest BCUT2D eigenvalue weighted by atomic mass is 32.2. The summed E-state index contributed by atoms with van der Waals surface area (Å²) in [4.78, 5) is 21.6. The molecule has 0 spiro atoms. The highest BCUT2D eigenvalue weighted by molar-refractivity contribution is 7.92. The van der Waals surface area contributed by atoms with Gasteiger partial charge in [-0.1, -0.05) is 30.3 Å². The van der Waals surface area contributed by atoms with Gasteiger partial charge >= 0.3 is 12.1 Å². The third-order valence-corrected chi connectivity index (χ3v) is 6.68. The molecule has 1 fully saturated rings. The van der Waals surface area contributed by atoms with E-state index in [2.05, 4.69) is 16.6 Å².